The molecule has 1 aromatic carbocycles. The lowest BCUT2D eigenvalue weighted by Gasteiger charge is -2.39. The van der Waals surface area contributed by atoms with Gasteiger partial charge in [0.15, 0.2) is 0 Å². The van der Waals surface area contributed by atoms with E-state index in [1.54, 1.807) is 7.11 Å². The summed E-state index contributed by atoms with van der Waals surface area (Å²) in [6, 6.07) is 3.28. The van der Waals surface area contributed by atoms with Crippen LogP contribution in [0.15, 0.2) is 18.2 Å². The Balaban J connectivity index is 2.12. The van der Waals surface area contributed by atoms with Gasteiger partial charge in [0.05, 0.1) is 11.7 Å². The molecule has 0 radical (unpaired) electrons. The van der Waals surface area contributed by atoms with Gasteiger partial charge in [0.2, 0.25) is 0 Å². The van der Waals surface area contributed by atoms with Crippen molar-refractivity contribution in [3.8, 4) is 0 Å². The van der Waals surface area contributed by atoms with E-state index >= 15 is 0 Å². The van der Waals surface area contributed by atoms with E-state index in [1.807, 2.05) is 0 Å². The van der Waals surface area contributed by atoms with Crippen molar-refractivity contribution < 1.29 is 23.4 Å². The maximum Gasteiger partial charge on any atom is 0.126 e. The Morgan fingerprint density at radius 1 is 1.26 bits per heavy atom. The molecule has 0 amide bonds. The highest BCUT2D eigenvalue weighted by atomic mass is 19.1. The zero-order valence-electron chi connectivity index (χ0n) is 10.9. The number of ether oxygens (including phenoxy) is 2. The third-order valence-corrected chi connectivity index (χ3v) is 3.70. The Kier molecular flexibility index (Phi) is 4.50. The Labute approximate surface area is 111 Å². The molecule has 0 aromatic heterocycles. The first-order valence-corrected chi connectivity index (χ1v) is 6.32. The highest BCUT2D eigenvalue weighted by Crippen LogP contribution is 2.30. The molecule has 2 rings (SSSR count). The third kappa shape index (κ3) is 3.29. The van der Waals surface area contributed by atoms with Gasteiger partial charge in [-0.05, 0) is 17.7 Å². The van der Waals surface area contributed by atoms with E-state index < -0.39 is 23.3 Å². The van der Waals surface area contributed by atoms with Crippen LogP contribution in [0, 0.1) is 11.6 Å². The standard InChI is InChI=1S/C14H18F2O3/c1-18-14(2-4-19-5-3-14)13(17)8-10-6-11(15)9-12(16)7-10/h6-7,9,13,17H,2-5,8H2,1H3. The van der Waals surface area contributed by atoms with E-state index in [0.717, 1.165) is 6.07 Å². The number of hydrogen-bond acceptors (Lipinski definition) is 3. The molecule has 1 unspecified atom stereocenters. The highest BCUT2D eigenvalue weighted by Gasteiger charge is 2.39. The van der Waals surface area contributed by atoms with Crippen molar-refractivity contribution in [1.82, 2.24) is 0 Å². The fraction of sp³-hybridized carbons (Fsp3) is 0.571. The average molecular weight is 272 g/mol. The smallest absolute Gasteiger partial charge is 0.126 e. The molecule has 0 bridgehead atoms. The van der Waals surface area contributed by atoms with Gasteiger partial charge in [0.1, 0.15) is 11.6 Å². The normalized spacial score (nSPS) is 20.2. The molecule has 1 aliphatic rings. The van der Waals surface area contributed by atoms with Crippen LogP contribution in [0.3, 0.4) is 0 Å². The minimum absolute atomic E-state index is 0.155. The molecule has 106 valence electrons. The molecule has 0 aliphatic carbocycles. The van der Waals surface area contributed by atoms with Crippen LogP contribution in [-0.2, 0) is 15.9 Å². The van der Waals surface area contributed by atoms with E-state index in [1.165, 1.54) is 12.1 Å². The second-order valence-electron chi connectivity index (χ2n) is 4.88. The maximum absolute atomic E-state index is 13.1. The highest BCUT2D eigenvalue weighted by molar-refractivity contribution is 5.19. The Morgan fingerprint density at radius 2 is 1.84 bits per heavy atom. The van der Waals surface area contributed by atoms with Gasteiger partial charge in [0, 0.05) is 45.7 Å². The third-order valence-electron chi connectivity index (χ3n) is 3.70. The van der Waals surface area contributed by atoms with Crippen molar-refractivity contribution in [3.05, 3.63) is 35.4 Å². The molecule has 1 saturated heterocycles. The van der Waals surface area contributed by atoms with E-state index in [9.17, 15) is 13.9 Å². The minimum atomic E-state index is -0.817. The number of rotatable bonds is 4. The molecular formula is C14H18F2O3. The summed E-state index contributed by atoms with van der Waals surface area (Å²) in [5.74, 6) is -1.28. The van der Waals surface area contributed by atoms with Crippen molar-refractivity contribution in [2.45, 2.75) is 31.0 Å². The summed E-state index contributed by atoms with van der Waals surface area (Å²) in [5.41, 5.74) is -0.269. The average Bonchev–Trinajstić information content (AvgIpc) is 2.38. The van der Waals surface area contributed by atoms with Crippen LogP contribution in [0.5, 0.6) is 0 Å². The lowest BCUT2D eigenvalue weighted by molar-refractivity contribution is -0.151. The summed E-state index contributed by atoms with van der Waals surface area (Å²) in [7, 11) is 1.54. The molecule has 0 spiro atoms. The van der Waals surface area contributed by atoms with Crippen LogP contribution in [0.25, 0.3) is 0 Å². The van der Waals surface area contributed by atoms with Crippen LogP contribution in [0.1, 0.15) is 18.4 Å². The summed E-state index contributed by atoms with van der Waals surface area (Å²) in [4.78, 5) is 0. The van der Waals surface area contributed by atoms with E-state index in [4.69, 9.17) is 9.47 Å². The van der Waals surface area contributed by atoms with Gasteiger partial charge in [-0.1, -0.05) is 0 Å². The SMILES string of the molecule is COC1(C(O)Cc2cc(F)cc(F)c2)CCOCC1. The van der Waals surface area contributed by atoms with E-state index in [0.29, 0.717) is 31.6 Å². The molecule has 1 aromatic rings. The summed E-state index contributed by atoms with van der Waals surface area (Å²) in [5, 5.41) is 10.3. The largest absolute Gasteiger partial charge is 0.390 e. The zero-order valence-corrected chi connectivity index (χ0v) is 10.9. The van der Waals surface area contributed by atoms with Crippen molar-refractivity contribution in [1.29, 1.82) is 0 Å². The van der Waals surface area contributed by atoms with Gasteiger partial charge >= 0.3 is 0 Å². The van der Waals surface area contributed by atoms with E-state index in [-0.39, 0.29) is 6.42 Å². The van der Waals surface area contributed by atoms with Gasteiger partial charge in [-0.3, -0.25) is 0 Å². The van der Waals surface area contributed by atoms with Crippen molar-refractivity contribution in [3.63, 3.8) is 0 Å². The number of benzene rings is 1. The number of halogens is 2. The van der Waals surface area contributed by atoms with Crippen LogP contribution in [0.4, 0.5) is 8.78 Å². The molecule has 1 heterocycles. The second-order valence-corrected chi connectivity index (χ2v) is 4.88. The molecule has 1 N–H and O–H groups in total. The molecule has 3 nitrogen and oxygen atoms in total. The lowest BCUT2D eigenvalue weighted by atomic mass is 9.84. The van der Waals surface area contributed by atoms with Gasteiger partial charge < -0.3 is 14.6 Å². The molecule has 5 heteroatoms. The van der Waals surface area contributed by atoms with Crippen LogP contribution < -0.4 is 0 Å². The van der Waals surface area contributed by atoms with Crippen molar-refractivity contribution in [2.24, 2.45) is 0 Å². The quantitative estimate of drug-likeness (QED) is 0.912. The predicted octanol–water partition coefficient (Wildman–Crippen LogP) is 2.06. The van der Waals surface area contributed by atoms with Gasteiger partial charge in [-0.2, -0.15) is 0 Å². The predicted molar refractivity (Wildman–Crippen MR) is 65.9 cm³/mol. The summed E-state index contributed by atoms with van der Waals surface area (Å²) in [6.07, 6.45) is 0.482. The van der Waals surface area contributed by atoms with Crippen LogP contribution in [0.2, 0.25) is 0 Å². The number of hydrogen-bond donors (Lipinski definition) is 1. The molecular weight excluding hydrogens is 254 g/mol. The Bertz CT molecular complexity index is 410. The van der Waals surface area contributed by atoms with E-state index in [2.05, 4.69) is 0 Å². The summed E-state index contributed by atoms with van der Waals surface area (Å²) in [6.45, 7) is 1.03. The van der Waals surface area contributed by atoms with Crippen LogP contribution in [-0.4, -0.2) is 37.1 Å². The first-order chi connectivity index (χ1) is 9.05. The monoisotopic (exact) mass is 272 g/mol. The molecule has 19 heavy (non-hydrogen) atoms. The Hall–Kier alpha value is -1.04. The molecule has 1 aliphatic heterocycles. The molecule has 0 saturated carbocycles. The fourth-order valence-electron chi connectivity index (χ4n) is 2.53. The van der Waals surface area contributed by atoms with Crippen molar-refractivity contribution >= 4 is 0 Å². The topological polar surface area (TPSA) is 38.7 Å². The number of aliphatic hydroxyl groups is 1. The van der Waals surface area contributed by atoms with Gasteiger partial charge in [0.25, 0.3) is 0 Å². The molecule has 1 fully saturated rings. The van der Waals surface area contributed by atoms with Gasteiger partial charge in [-0.15, -0.1) is 0 Å². The Morgan fingerprint density at radius 3 is 2.37 bits per heavy atom. The first-order valence-electron chi connectivity index (χ1n) is 6.32. The maximum atomic E-state index is 13.1. The lowest BCUT2D eigenvalue weighted by Crippen LogP contribution is -2.49. The summed E-state index contributed by atoms with van der Waals surface area (Å²) < 4.78 is 37.0. The second kappa shape index (κ2) is 5.94. The number of aliphatic hydroxyl groups excluding tert-OH is 1. The summed E-state index contributed by atoms with van der Waals surface area (Å²) >= 11 is 0. The first kappa shape index (κ1) is 14.4. The zero-order chi connectivity index (χ0) is 13.9. The number of methoxy groups -OCH3 is 1. The van der Waals surface area contributed by atoms with Crippen molar-refractivity contribution in [2.75, 3.05) is 20.3 Å². The molecule has 1 atom stereocenters. The minimum Gasteiger partial charge on any atom is -0.390 e. The van der Waals surface area contributed by atoms with Gasteiger partial charge in [-0.25, -0.2) is 8.78 Å². The van der Waals surface area contributed by atoms with Crippen LogP contribution >= 0.6 is 0 Å². The fourth-order valence-corrected chi connectivity index (χ4v) is 2.53.